The highest BCUT2D eigenvalue weighted by Gasteiger charge is 2.10. The predicted octanol–water partition coefficient (Wildman–Crippen LogP) is 3.54. The van der Waals surface area contributed by atoms with Crippen molar-refractivity contribution in [1.82, 2.24) is 10.2 Å². The van der Waals surface area contributed by atoms with Crippen molar-refractivity contribution in [2.75, 3.05) is 12.4 Å². The molecule has 0 saturated carbocycles. The van der Waals surface area contributed by atoms with Crippen LogP contribution in [0.5, 0.6) is 0 Å². The van der Waals surface area contributed by atoms with E-state index in [2.05, 4.69) is 15.5 Å². The fourth-order valence-electron chi connectivity index (χ4n) is 2.10. The Hall–Kier alpha value is -2.44. The number of benzene rings is 1. The van der Waals surface area contributed by atoms with Crippen LogP contribution in [-0.2, 0) is 11.3 Å². The minimum absolute atomic E-state index is 0.192. The van der Waals surface area contributed by atoms with Crippen molar-refractivity contribution in [2.24, 2.45) is 0 Å². The van der Waals surface area contributed by atoms with E-state index < -0.39 is 0 Å². The lowest BCUT2D eigenvalue weighted by atomic mass is 10.1. The zero-order valence-corrected chi connectivity index (χ0v) is 12.8. The number of ether oxygens (including phenoxy) is 1. The quantitative estimate of drug-likeness (QED) is 0.757. The highest BCUT2D eigenvalue weighted by Crippen LogP contribution is 2.24. The van der Waals surface area contributed by atoms with Gasteiger partial charge in [-0.25, -0.2) is 0 Å². The molecule has 0 spiro atoms. The molecule has 0 radical (unpaired) electrons. The summed E-state index contributed by atoms with van der Waals surface area (Å²) in [6.07, 6.45) is 0. The number of carbonyl (C=O) groups excluding carboxylic acids is 1. The van der Waals surface area contributed by atoms with E-state index in [1.807, 2.05) is 41.8 Å². The molecule has 3 rings (SSSR count). The molecule has 2 N–H and O–H groups in total. The Morgan fingerprint density at radius 2 is 2.23 bits per heavy atom. The third kappa shape index (κ3) is 3.24. The summed E-state index contributed by atoms with van der Waals surface area (Å²) in [7, 11) is 1.63. The lowest BCUT2D eigenvalue weighted by Crippen LogP contribution is -2.12. The number of methoxy groups -OCH3 is 1. The summed E-state index contributed by atoms with van der Waals surface area (Å²) in [4.78, 5) is 13.3. The molecule has 22 heavy (non-hydrogen) atoms. The molecular weight excluding hydrogens is 298 g/mol. The van der Waals surface area contributed by atoms with Crippen molar-refractivity contribution in [3.63, 3.8) is 0 Å². The van der Waals surface area contributed by atoms with Crippen LogP contribution in [0.15, 0.2) is 47.8 Å². The van der Waals surface area contributed by atoms with Crippen LogP contribution in [0.25, 0.3) is 10.6 Å². The smallest absolute Gasteiger partial charge is 0.256 e. The molecule has 0 aliphatic rings. The van der Waals surface area contributed by atoms with Gasteiger partial charge in [-0.3, -0.25) is 9.89 Å². The van der Waals surface area contributed by atoms with Crippen LogP contribution < -0.4 is 5.32 Å². The summed E-state index contributed by atoms with van der Waals surface area (Å²) >= 11 is 1.61. The molecule has 0 fully saturated rings. The van der Waals surface area contributed by atoms with Gasteiger partial charge in [-0.05, 0) is 29.1 Å². The molecule has 1 aromatic carbocycles. The average Bonchev–Trinajstić information content (AvgIpc) is 3.18. The molecule has 3 aromatic rings. The van der Waals surface area contributed by atoms with Crippen molar-refractivity contribution in [2.45, 2.75) is 6.61 Å². The van der Waals surface area contributed by atoms with Gasteiger partial charge in [0.05, 0.1) is 17.2 Å². The molecule has 0 aliphatic heterocycles. The molecule has 2 aromatic heterocycles. The highest BCUT2D eigenvalue weighted by molar-refractivity contribution is 7.13. The summed E-state index contributed by atoms with van der Waals surface area (Å²) in [6, 6.07) is 13.1. The third-order valence-corrected chi connectivity index (χ3v) is 4.01. The van der Waals surface area contributed by atoms with E-state index in [1.54, 1.807) is 24.5 Å². The van der Waals surface area contributed by atoms with Crippen molar-refractivity contribution >= 4 is 23.1 Å². The highest BCUT2D eigenvalue weighted by atomic mass is 32.1. The average molecular weight is 313 g/mol. The van der Waals surface area contributed by atoms with E-state index in [9.17, 15) is 4.79 Å². The van der Waals surface area contributed by atoms with Gasteiger partial charge in [0.1, 0.15) is 0 Å². The first-order valence-electron chi connectivity index (χ1n) is 6.75. The minimum atomic E-state index is -0.192. The van der Waals surface area contributed by atoms with Gasteiger partial charge < -0.3 is 10.1 Å². The number of rotatable bonds is 5. The number of aromatic nitrogens is 2. The minimum Gasteiger partial charge on any atom is -0.380 e. The van der Waals surface area contributed by atoms with E-state index in [4.69, 9.17) is 4.74 Å². The second-order valence-electron chi connectivity index (χ2n) is 4.73. The van der Waals surface area contributed by atoms with Crippen LogP contribution in [0.3, 0.4) is 0 Å². The SMILES string of the molecule is COCc1cccc(C(=O)Nc2cc(-c3cccs3)[nH]n2)c1. The molecule has 0 saturated heterocycles. The number of amides is 1. The third-order valence-electron chi connectivity index (χ3n) is 3.11. The number of thiophene rings is 1. The maximum atomic E-state index is 12.3. The molecule has 1 amide bonds. The fourth-order valence-corrected chi connectivity index (χ4v) is 2.79. The molecule has 5 nitrogen and oxygen atoms in total. The normalized spacial score (nSPS) is 10.6. The largest absolute Gasteiger partial charge is 0.380 e. The van der Waals surface area contributed by atoms with Gasteiger partial charge in [0.15, 0.2) is 5.82 Å². The lowest BCUT2D eigenvalue weighted by molar-refractivity contribution is 0.102. The number of anilines is 1. The summed E-state index contributed by atoms with van der Waals surface area (Å²) in [5, 5.41) is 11.8. The second-order valence-corrected chi connectivity index (χ2v) is 5.68. The summed E-state index contributed by atoms with van der Waals surface area (Å²) in [5.74, 6) is 0.313. The van der Waals surface area contributed by atoms with Crippen LogP contribution >= 0.6 is 11.3 Å². The van der Waals surface area contributed by atoms with E-state index >= 15 is 0 Å². The first-order chi connectivity index (χ1) is 10.8. The Balaban J connectivity index is 1.73. The van der Waals surface area contributed by atoms with Gasteiger partial charge in [-0.1, -0.05) is 18.2 Å². The molecule has 2 heterocycles. The van der Waals surface area contributed by atoms with Gasteiger partial charge in [0.2, 0.25) is 0 Å². The van der Waals surface area contributed by atoms with Crippen LogP contribution in [0.2, 0.25) is 0 Å². The predicted molar refractivity (Wildman–Crippen MR) is 87.0 cm³/mol. The second kappa shape index (κ2) is 6.55. The number of hydrogen-bond acceptors (Lipinski definition) is 4. The van der Waals surface area contributed by atoms with Crippen molar-refractivity contribution in [3.05, 3.63) is 59.0 Å². The molecule has 0 atom stereocenters. The Kier molecular flexibility index (Phi) is 4.32. The number of hydrogen-bond donors (Lipinski definition) is 2. The lowest BCUT2D eigenvalue weighted by Gasteiger charge is -2.04. The van der Waals surface area contributed by atoms with Crippen molar-refractivity contribution < 1.29 is 9.53 Å². The Morgan fingerprint density at radius 1 is 1.32 bits per heavy atom. The van der Waals surface area contributed by atoms with Crippen LogP contribution in [0.1, 0.15) is 15.9 Å². The van der Waals surface area contributed by atoms with Crippen molar-refractivity contribution in [1.29, 1.82) is 0 Å². The van der Waals surface area contributed by atoms with Crippen molar-refractivity contribution in [3.8, 4) is 10.6 Å². The standard InChI is InChI=1S/C16H15N3O2S/c1-21-10-11-4-2-5-12(8-11)16(20)17-15-9-13(18-19-15)14-6-3-7-22-14/h2-9H,10H2,1H3,(H2,17,18,19,20). The molecule has 0 bridgehead atoms. The summed E-state index contributed by atoms with van der Waals surface area (Å²) in [5.41, 5.74) is 2.42. The molecule has 6 heteroatoms. The Bertz CT molecular complexity index is 765. The van der Waals surface area contributed by atoms with E-state index in [1.165, 1.54) is 0 Å². The van der Waals surface area contributed by atoms with E-state index in [0.29, 0.717) is 18.0 Å². The summed E-state index contributed by atoms with van der Waals surface area (Å²) < 4.78 is 5.08. The number of H-pyrrole nitrogens is 1. The molecular formula is C16H15N3O2S. The molecule has 0 aliphatic carbocycles. The number of aromatic amines is 1. The Morgan fingerprint density at radius 3 is 3.00 bits per heavy atom. The van der Waals surface area contributed by atoms with Crippen LogP contribution in [0, 0.1) is 0 Å². The van der Waals surface area contributed by atoms with Gasteiger partial charge in [0.25, 0.3) is 5.91 Å². The molecule has 0 unspecified atom stereocenters. The zero-order chi connectivity index (χ0) is 15.4. The van der Waals surface area contributed by atoms with Crippen LogP contribution in [0.4, 0.5) is 5.82 Å². The van der Waals surface area contributed by atoms with Gasteiger partial charge >= 0.3 is 0 Å². The maximum Gasteiger partial charge on any atom is 0.256 e. The number of carbonyl (C=O) groups is 1. The van der Waals surface area contributed by atoms with Crippen LogP contribution in [-0.4, -0.2) is 23.2 Å². The van der Waals surface area contributed by atoms with Gasteiger partial charge in [0, 0.05) is 18.7 Å². The number of nitrogens with zero attached hydrogens (tertiary/aromatic N) is 1. The monoisotopic (exact) mass is 313 g/mol. The topological polar surface area (TPSA) is 67.0 Å². The first kappa shape index (κ1) is 14.5. The van der Waals surface area contributed by atoms with E-state index in [-0.39, 0.29) is 5.91 Å². The fraction of sp³-hybridized carbons (Fsp3) is 0.125. The van der Waals surface area contributed by atoms with Gasteiger partial charge in [-0.2, -0.15) is 5.10 Å². The number of nitrogens with one attached hydrogen (secondary N) is 2. The van der Waals surface area contributed by atoms with E-state index in [0.717, 1.165) is 16.1 Å². The maximum absolute atomic E-state index is 12.3. The van der Waals surface area contributed by atoms with Gasteiger partial charge in [-0.15, -0.1) is 11.3 Å². The zero-order valence-electron chi connectivity index (χ0n) is 12.0. The summed E-state index contributed by atoms with van der Waals surface area (Å²) in [6.45, 7) is 0.478. The Labute approximate surface area is 132 Å². The molecule has 112 valence electrons. The first-order valence-corrected chi connectivity index (χ1v) is 7.63.